The number of unbranched alkanes of at least 4 members (excludes halogenated alkanes) is 5. The van der Waals surface area contributed by atoms with E-state index in [1.54, 1.807) is 6.20 Å². The molecule has 2 rings (SSSR count). The van der Waals surface area contributed by atoms with Gasteiger partial charge in [-0.25, -0.2) is 9.78 Å². The van der Waals surface area contributed by atoms with E-state index in [0.717, 1.165) is 24.1 Å². The number of ether oxygens (including phenoxy) is 1. The first kappa shape index (κ1) is 25.0. The van der Waals surface area contributed by atoms with Crippen LogP contribution in [0.4, 0.5) is 0 Å². The first-order valence-corrected chi connectivity index (χ1v) is 11.9. The fourth-order valence-corrected chi connectivity index (χ4v) is 4.15. The van der Waals surface area contributed by atoms with Crippen LogP contribution in [0.1, 0.15) is 109 Å². The second-order valence-electron chi connectivity index (χ2n) is 9.38. The molecule has 170 valence electrons. The average molecular weight is 425 g/mol. The Morgan fingerprint density at radius 2 is 1.87 bits per heavy atom. The van der Waals surface area contributed by atoms with E-state index in [-0.39, 0.29) is 11.1 Å². The minimum atomic E-state index is -0.393. The third-order valence-corrected chi connectivity index (χ3v) is 6.04. The minimum absolute atomic E-state index is 0.233. The van der Waals surface area contributed by atoms with E-state index in [2.05, 4.69) is 56.7 Å². The van der Waals surface area contributed by atoms with Crippen LogP contribution in [-0.2, 0) is 4.74 Å². The molecule has 1 aromatic heterocycles. The van der Waals surface area contributed by atoms with Crippen molar-refractivity contribution in [3.05, 3.63) is 52.7 Å². The lowest BCUT2D eigenvalue weighted by Crippen LogP contribution is -2.19. The van der Waals surface area contributed by atoms with Crippen molar-refractivity contribution in [1.29, 1.82) is 0 Å². The number of esters is 1. The van der Waals surface area contributed by atoms with Crippen molar-refractivity contribution in [1.82, 2.24) is 9.97 Å². The van der Waals surface area contributed by atoms with Crippen molar-refractivity contribution in [2.75, 3.05) is 6.61 Å². The second kappa shape index (κ2) is 12.6. The molecule has 0 N–H and O–H groups in total. The molecular formula is C27H40N2O2. The summed E-state index contributed by atoms with van der Waals surface area (Å²) in [6.07, 6.45) is 20.2. The zero-order chi connectivity index (χ0) is 22.7. The van der Waals surface area contributed by atoms with Crippen molar-refractivity contribution in [3.8, 4) is 0 Å². The molecule has 4 nitrogen and oxygen atoms in total. The third-order valence-electron chi connectivity index (χ3n) is 6.04. The number of carbonyl (C=O) groups is 1. The van der Waals surface area contributed by atoms with Gasteiger partial charge in [0, 0.05) is 0 Å². The Morgan fingerprint density at radius 1 is 1.13 bits per heavy atom. The predicted octanol–water partition coefficient (Wildman–Crippen LogP) is 7.48. The van der Waals surface area contributed by atoms with Gasteiger partial charge in [0.1, 0.15) is 0 Å². The molecule has 0 aromatic carbocycles. The summed E-state index contributed by atoms with van der Waals surface area (Å²) < 4.78 is 5.32. The molecule has 0 saturated carbocycles. The van der Waals surface area contributed by atoms with Gasteiger partial charge < -0.3 is 4.74 Å². The molecule has 0 spiro atoms. The summed E-state index contributed by atoms with van der Waals surface area (Å²) >= 11 is 0. The zero-order valence-corrected chi connectivity index (χ0v) is 20.2. The molecule has 0 bridgehead atoms. The summed E-state index contributed by atoms with van der Waals surface area (Å²) in [5.41, 5.74) is 5.28. The Kier molecular flexibility index (Phi) is 10.2. The molecule has 1 aromatic rings. The molecule has 4 heteroatoms. The summed E-state index contributed by atoms with van der Waals surface area (Å²) in [7, 11) is 0. The Morgan fingerprint density at radius 3 is 2.55 bits per heavy atom. The largest absolute Gasteiger partial charge is 0.461 e. The van der Waals surface area contributed by atoms with E-state index >= 15 is 0 Å². The maximum atomic E-state index is 12.1. The molecule has 1 aliphatic rings. The minimum Gasteiger partial charge on any atom is -0.461 e. The standard InChI is InChI=1S/C27H40N2O2/c1-6-7-8-9-10-11-17-31-26(30)25-20-28-23(19-29-25)18-21(2)14-15-24-22(3)13-12-16-27(24,4)5/h14-15,18-20H,6-13,16-17H2,1-5H3/b15-14?,21-18+. The smallest absolute Gasteiger partial charge is 0.358 e. The quantitative estimate of drug-likeness (QED) is 0.210. The lowest BCUT2D eigenvalue weighted by Gasteiger charge is -2.32. The number of hydrogen-bond acceptors (Lipinski definition) is 4. The molecule has 0 fully saturated rings. The van der Waals surface area contributed by atoms with Crippen molar-refractivity contribution in [3.63, 3.8) is 0 Å². The van der Waals surface area contributed by atoms with Gasteiger partial charge in [0.2, 0.25) is 0 Å². The zero-order valence-electron chi connectivity index (χ0n) is 20.2. The molecule has 1 aliphatic carbocycles. The van der Waals surface area contributed by atoms with Crippen molar-refractivity contribution in [2.45, 2.75) is 92.4 Å². The normalized spacial score (nSPS) is 16.7. The van der Waals surface area contributed by atoms with Crippen molar-refractivity contribution >= 4 is 12.0 Å². The maximum Gasteiger partial charge on any atom is 0.358 e. The van der Waals surface area contributed by atoms with Crippen LogP contribution in [0.5, 0.6) is 0 Å². The van der Waals surface area contributed by atoms with Crippen LogP contribution in [0.2, 0.25) is 0 Å². The summed E-state index contributed by atoms with van der Waals surface area (Å²) in [6.45, 7) is 11.6. The highest BCUT2D eigenvalue weighted by molar-refractivity contribution is 5.86. The lowest BCUT2D eigenvalue weighted by molar-refractivity contribution is 0.0490. The summed E-state index contributed by atoms with van der Waals surface area (Å²) in [5.74, 6) is -0.393. The van der Waals surface area contributed by atoms with Crippen LogP contribution in [-0.4, -0.2) is 22.5 Å². The van der Waals surface area contributed by atoms with Gasteiger partial charge in [-0.1, -0.05) is 70.6 Å². The molecule has 0 aliphatic heterocycles. The fourth-order valence-electron chi connectivity index (χ4n) is 4.15. The summed E-state index contributed by atoms with van der Waals surface area (Å²) in [4.78, 5) is 20.7. The van der Waals surface area contributed by atoms with Crippen molar-refractivity contribution in [2.24, 2.45) is 5.41 Å². The molecule has 0 saturated heterocycles. The van der Waals surface area contributed by atoms with Crippen LogP contribution in [0, 0.1) is 5.41 Å². The monoisotopic (exact) mass is 424 g/mol. The first-order valence-electron chi connectivity index (χ1n) is 11.9. The highest BCUT2D eigenvalue weighted by atomic mass is 16.5. The Labute approximate surface area is 188 Å². The third kappa shape index (κ3) is 8.43. The molecular weight excluding hydrogens is 384 g/mol. The topological polar surface area (TPSA) is 52.1 Å². The van der Waals surface area contributed by atoms with Gasteiger partial charge in [-0.2, -0.15) is 0 Å². The van der Waals surface area contributed by atoms with E-state index < -0.39 is 5.97 Å². The number of nitrogens with zero attached hydrogens (tertiary/aromatic N) is 2. The van der Waals surface area contributed by atoms with Gasteiger partial charge in [-0.3, -0.25) is 4.98 Å². The number of hydrogen-bond donors (Lipinski definition) is 0. The van der Waals surface area contributed by atoms with Gasteiger partial charge in [-0.05, 0) is 62.2 Å². The van der Waals surface area contributed by atoms with Crippen LogP contribution >= 0.6 is 0 Å². The Balaban J connectivity index is 1.86. The van der Waals surface area contributed by atoms with E-state index in [1.807, 2.05) is 6.08 Å². The highest BCUT2D eigenvalue weighted by Crippen LogP contribution is 2.40. The predicted molar refractivity (Wildman–Crippen MR) is 129 cm³/mol. The molecule has 0 radical (unpaired) electrons. The molecule has 0 unspecified atom stereocenters. The van der Waals surface area contributed by atoms with Crippen LogP contribution in [0.25, 0.3) is 6.08 Å². The van der Waals surface area contributed by atoms with E-state index in [0.29, 0.717) is 6.61 Å². The summed E-state index contributed by atoms with van der Waals surface area (Å²) in [6, 6.07) is 0. The molecule has 31 heavy (non-hydrogen) atoms. The Hall–Kier alpha value is -2.23. The second-order valence-corrected chi connectivity index (χ2v) is 9.38. The van der Waals surface area contributed by atoms with E-state index in [9.17, 15) is 4.79 Å². The number of rotatable bonds is 11. The first-order chi connectivity index (χ1) is 14.8. The highest BCUT2D eigenvalue weighted by Gasteiger charge is 2.26. The van der Waals surface area contributed by atoms with Crippen LogP contribution in [0.3, 0.4) is 0 Å². The fraction of sp³-hybridized carbons (Fsp3) is 0.593. The maximum absolute atomic E-state index is 12.1. The van der Waals surface area contributed by atoms with Crippen LogP contribution in [0.15, 0.2) is 41.3 Å². The van der Waals surface area contributed by atoms with Gasteiger partial charge in [-0.15, -0.1) is 0 Å². The molecule has 1 heterocycles. The van der Waals surface area contributed by atoms with Gasteiger partial charge in [0.05, 0.1) is 24.7 Å². The van der Waals surface area contributed by atoms with Gasteiger partial charge >= 0.3 is 5.97 Å². The van der Waals surface area contributed by atoms with Gasteiger partial charge in [0.15, 0.2) is 5.69 Å². The van der Waals surface area contributed by atoms with E-state index in [4.69, 9.17) is 4.74 Å². The SMILES string of the molecule is CCCCCCCCOC(=O)c1cnc(/C=C(\C)C=CC2=C(C)CCCC2(C)C)cn1. The van der Waals surface area contributed by atoms with Crippen molar-refractivity contribution < 1.29 is 9.53 Å². The average Bonchev–Trinajstić information content (AvgIpc) is 2.72. The van der Waals surface area contributed by atoms with E-state index in [1.165, 1.54) is 62.3 Å². The summed E-state index contributed by atoms with van der Waals surface area (Å²) in [5, 5.41) is 0. The lowest BCUT2D eigenvalue weighted by atomic mass is 9.72. The Bertz CT molecular complexity index is 801. The van der Waals surface area contributed by atoms with Gasteiger partial charge in [0.25, 0.3) is 0 Å². The molecule has 0 atom stereocenters. The molecule has 0 amide bonds. The van der Waals surface area contributed by atoms with Crippen LogP contribution < -0.4 is 0 Å². The number of allylic oxidation sites excluding steroid dienone is 5. The number of aromatic nitrogens is 2. The number of carbonyl (C=O) groups excluding carboxylic acids is 1.